The Hall–Kier alpha value is -3.85. The van der Waals surface area contributed by atoms with Crippen LogP contribution in [0.2, 0.25) is 10.0 Å². The monoisotopic (exact) mass is 679 g/mol. The summed E-state index contributed by atoms with van der Waals surface area (Å²) in [5.74, 6) is -0.958. The minimum absolute atomic E-state index is 0.0200. The molecule has 242 valence electrons. The van der Waals surface area contributed by atoms with Crippen molar-refractivity contribution < 1.29 is 18.0 Å². The third-order valence-corrected chi connectivity index (χ3v) is 9.96. The van der Waals surface area contributed by atoms with Gasteiger partial charge in [0.25, 0.3) is 10.0 Å². The second-order valence-electron chi connectivity index (χ2n) is 12.3. The predicted molar refractivity (Wildman–Crippen MR) is 186 cm³/mol. The molecular weight excluding hydrogens is 641 g/mol. The molecule has 0 aliphatic carbocycles. The van der Waals surface area contributed by atoms with Crippen LogP contribution in [0, 0.1) is 13.8 Å². The van der Waals surface area contributed by atoms with Crippen LogP contribution in [0.5, 0.6) is 0 Å². The summed E-state index contributed by atoms with van der Waals surface area (Å²) in [7, 11) is -4.24. The first-order valence-electron chi connectivity index (χ1n) is 14.9. The van der Waals surface area contributed by atoms with Crippen LogP contribution in [0.1, 0.15) is 43.0 Å². The van der Waals surface area contributed by atoms with Gasteiger partial charge in [0.1, 0.15) is 12.6 Å². The van der Waals surface area contributed by atoms with Crippen molar-refractivity contribution in [2.45, 2.75) is 64.1 Å². The van der Waals surface area contributed by atoms with Gasteiger partial charge < -0.3 is 10.2 Å². The number of nitrogens with one attached hydrogen (secondary N) is 1. The fourth-order valence-electron chi connectivity index (χ4n) is 4.92. The highest BCUT2D eigenvalue weighted by molar-refractivity contribution is 7.92. The standard InChI is InChI=1S/C36H39Cl2N3O4S/c1-25-15-19-30(20-16-25)46(44,45)41(29-18-17-26(2)32(38)22-29)24-34(42)40(23-28-13-9-10-14-31(28)37)33(35(43)39-36(3,4)5)21-27-11-7-6-8-12-27/h6-20,22,33H,21,23-24H2,1-5H3,(H,39,43)/t33-/m1/s1. The van der Waals surface area contributed by atoms with Crippen LogP contribution in [0.15, 0.2) is 102 Å². The number of halogens is 2. The maximum absolute atomic E-state index is 14.6. The number of nitrogens with zero attached hydrogens (tertiary/aromatic N) is 2. The van der Waals surface area contributed by atoms with Gasteiger partial charge in [0.2, 0.25) is 11.8 Å². The Labute approximate surface area is 282 Å². The number of hydrogen-bond acceptors (Lipinski definition) is 4. The van der Waals surface area contributed by atoms with Gasteiger partial charge in [-0.05, 0) is 81.6 Å². The smallest absolute Gasteiger partial charge is 0.264 e. The van der Waals surface area contributed by atoms with Crippen molar-refractivity contribution in [3.63, 3.8) is 0 Å². The molecule has 0 saturated heterocycles. The molecule has 0 aliphatic heterocycles. The van der Waals surface area contributed by atoms with E-state index in [1.807, 2.05) is 65.0 Å². The van der Waals surface area contributed by atoms with Crippen LogP contribution in [0.25, 0.3) is 0 Å². The Morgan fingerprint density at radius 2 is 1.46 bits per heavy atom. The molecule has 10 heteroatoms. The number of rotatable bonds is 11. The van der Waals surface area contributed by atoms with E-state index in [4.69, 9.17) is 23.2 Å². The first-order chi connectivity index (χ1) is 21.7. The summed E-state index contributed by atoms with van der Waals surface area (Å²) < 4.78 is 29.5. The zero-order valence-corrected chi connectivity index (χ0v) is 29.0. The molecule has 0 bridgehead atoms. The quantitative estimate of drug-likeness (QED) is 0.179. The van der Waals surface area contributed by atoms with E-state index in [1.54, 1.807) is 48.5 Å². The van der Waals surface area contributed by atoms with Crippen molar-refractivity contribution in [2.24, 2.45) is 0 Å². The number of benzene rings is 4. The van der Waals surface area contributed by atoms with E-state index in [0.717, 1.165) is 21.0 Å². The second kappa shape index (κ2) is 14.7. The van der Waals surface area contributed by atoms with E-state index in [9.17, 15) is 18.0 Å². The Morgan fingerprint density at radius 1 is 0.826 bits per heavy atom. The molecule has 2 amide bonds. The van der Waals surface area contributed by atoms with E-state index >= 15 is 0 Å². The molecule has 0 spiro atoms. The Kier molecular flexibility index (Phi) is 11.2. The number of anilines is 1. The summed E-state index contributed by atoms with van der Waals surface area (Å²) in [5.41, 5.74) is 2.73. The van der Waals surface area contributed by atoms with E-state index in [0.29, 0.717) is 15.6 Å². The van der Waals surface area contributed by atoms with Crippen LogP contribution < -0.4 is 9.62 Å². The number of sulfonamides is 1. The fraction of sp³-hybridized carbons (Fsp3) is 0.278. The molecule has 0 heterocycles. The molecule has 4 rings (SSSR count). The topological polar surface area (TPSA) is 86.8 Å². The van der Waals surface area contributed by atoms with E-state index in [1.165, 1.54) is 23.1 Å². The number of aryl methyl sites for hydroxylation is 2. The summed E-state index contributed by atoms with van der Waals surface area (Å²) in [4.78, 5) is 30.0. The molecule has 0 radical (unpaired) electrons. The average molecular weight is 681 g/mol. The summed E-state index contributed by atoms with van der Waals surface area (Å²) in [6, 6.07) is 26.7. The minimum atomic E-state index is -4.24. The van der Waals surface area contributed by atoms with Crippen LogP contribution in [0.4, 0.5) is 5.69 Å². The van der Waals surface area contributed by atoms with Gasteiger partial charge in [-0.25, -0.2) is 8.42 Å². The van der Waals surface area contributed by atoms with Gasteiger partial charge in [-0.15, -0.1) is 0 Å². The van der Waals surface area contributed by atoms with Crippen molar-refractivity contribution in [1.82, 2.24) is 10.2 Å². The largest absolute Gasteiger partial charge is 0.350 e. The van der Waals surface area contributed by atoms with Crippen LogP contribution >= 0.6 is 23.2 Å². The summed E-state index contributed by atoms with van der Waals surface area (Å²) in [5, 5.41) is 3.80. The molecule has 0 saturated carbocycles. The van der Waals surface area contributed by atoms with Crippen molar-refractivity contribution >= 4 is 50.7 Å². The molecule has 0 aromatic heterocycles. The van der Waals surface area contributed by atoms with Crippen LogP contribution in [-0.2, 0) is 32.6 Å². The van der Waals surface area contributed by atoms with E-state index in [2.05, 4.69) is 5.32 Å². The highest BCUT2D eigenvalue weighted by atomic mass is 35.5. The summed E-state index contributed by atoms with van der Waals surface area (Å²) in [6.45, 7) is 8.64. The third kappa shape index (κ3) is 8.90. The molecule has 1 atom stereocenters. The number of carbonyl (C=O) groups is 2. The van der Waals surface area contributed by atoms with Crippen molar-refractivity contribution in [1.29, 1.82) is 0 Å². The summed E-state index contributed by atoms with van der Waals surface area (Å²) in [6.07, 6.45) is 0.194. The molecule has 4 aromatic rings. The third-order valence-electron chi connectivity index (χ3n) is 7.40. The summed E-state index contributed by atoms with van der Waals surface area (Å²) >= 11 is 13.0. The van der Waals surface area contributed by atoms with Gasteiger partial charge in [0.15, 0.2) is 0 Å². The molecule has 4 aromatic carbocycles. The highest BCUT2D eigenvalue weighted by Gasteiger charge is 2.36. The molecule has 0 aliphatic rings. The zero-order valence-electron chi connectivity index (χ0n) is 26.6. The first-order valence-corrected chi connectivity index (χ1v) is 17.1. The number of hydrogen-bond donors (Lipinski definition) is 1. The lowest BCUT2D eigenvalue weighted by Gasteiger charge is -2.35. The average Bonchev–Trinajstić information content (AvgIpc) is 2.99. The normalized spacial score (nSPS) is 12.3. The number of amides is 2. The molecule has 0 unspecified atom stereocenters. The Bertz CT molecular complexity index is 1790. The van der Waals surface area contributed by atoms with Crippen molar-refractivity contribution in [3.05, 3.63) is 129 Å². The predicted octanol–water partition coefficient (Wildman–Crippen LogP) is 7.36. The van der Waals surface area contributed by atoms with Gasteiger partial charge in [-0.3, -0.25) is 13.9 Å². The fourth-order valence-corrected chi connectivity index (χ4v) is 6.70. The number of carbonyl (C=O) groups excluding carboxylic acids is 2. The molecule has 7 nitrogen and oxygen atoms in total. The molecule has 46 heavy (non-hydrogen) atoms. The zero-order chi connectivity index (χ0) is 33.6. The van der Waals surface area contributed by atoms with Gasteiger partial charge >= 0.3 is 0 Å². The lowest BCUT2D eigenvalue weighted by molar-refractivity contribution is -0.140. The first kappa shape index (κ1) is 35.0. The highest BCUT2D eigenvalue weighted by Crippen LogP contribution is 2.29. The maximum Gasteiger partial charge on any atom is 0.264 e. The Balaban J connectivity index is 1.84. The van der Waals surface area contributed by atoms with Crippen molar-refractivity contribution in [2.75, 3.05) is 10.8 Å². The molecule has 0 fully saturated rings. The SMILES string of the molecule is Cc1ccc(S(=O)(=O)N(CC(=O)N(Cc2ccccc2Cl)[C@H](Cc2ccccc2)C(=O)NC(C)(C)C)c2ccc(C)c(Cl)c2)cc1. The van der Waals surface area contributed by atoms with Crippen LogP contribution in [-0.4, -0.2) is 43.3 Å². The Morgan fingerprint density at radius 3 is 2.07 bits per heavy atom. The van der Waals surface area contributed by atoms with E-state index < -0.39 is 34.1 Å². The molecular formula is C36H39Cl2N3O4S. The minimum Gasteiger partial charge on any atom is -0.350 e. The van der Waals surface area contributed by atoms with Gasteiger partial charge in [-0.2, -0.15) is 0 Å². The van der Waals surface area contributed by atoms with Gasteiger partial charge in [-0.1, -0.05) is 95.5 Å². The lowest BCUT2D eigenvalue weighted by Crippen LogP contribution is -2.56. The van der Waals surface area contributed by atoms with Crippen molar-refractivity contribution in [3.8, 4) is 0 Å². The van der Waals surface area contributed by atoms with Gasteiger partial charge in [0.05, 0.1) is 10.6 Å². The van der Waals surface area contributed by atoms with E-state index in [-0.39, 0.29) is 29.5 Å². The van der Waals surface area contributed by atoms with Gasteiger partial charge in [0, 0.05) is 28.5 Å². The lowest BCUT2D eigenvalue weighted by atomic mass is 10.0. The van der Waals surface area contributed by atoms with Crippen LogP contribution in [0.3, 0.4) is 0 Å². The second-order valence-corrected chi connectivity index (χ2v) is 15.0. The maximum atomic E-state index is 14.6. The molecule has 1 N–H and O–H groups in total.